The molecule has 100 valence electrons. The fraction of sp³-hybridized carbons (Fsp3) is 0.833. The monoisotopic (exact) mass is 261 g/mol. The van der Waals surface area contributed by atoms with Crippen molar-refractivity contribution in [3.05, 3.63) is 0 Å². The van der Waals surface area contributed by atoms with Gasteiger partial charge in [0, 0.05) is 4.75 Å². The van der Waals surface area contributed by atoms with Crippen molar-refractivity contribution < 1.29 is 14.3 Å². The molecule has 1 unspecified atom stereocenters. The summed E-state index contributed by atoms with van der Waals surface area (Å²) in [6.45, 7) is 12.9. The van der Waals surface area contributed by atoms with Crippen LogP contribution in [0, 0.1) is 0 Å². The highest BCUT2D eigenvalue weighted by atomic mass is 32.2. The van der Waals surface area contributed by atoms with Gasteiger partial charge in [-0.3, -0.25) is 4.79 Å². The molecular formula is C12H23NO3S. The quantitative estimate of drug-likeness (QED) is 0.830. The number of carbonyl (C=O) groups is 2. The van der Waals surface area contributed by atoms with E-state index in [1.807, 2.05) is 20.8 Å². The van der Waals surface area contributed by atoms with Crippen LogP contribution in [-0.2, 0) is 9.53 Å². The maximum atomic E-state index is 11.8. The van der Waals surface area contributed by atoms with Crippen molar-refractivity contribution in [3.63, 3.8) is 0 Å². The van der Waals surface area contributed by atoms with E-state index < -0.39 is 17.7 Å². The summed E-state index contributed by atoms with van der Waals surface area (Å²) in [6, 6.07) is -0.547. The van der Waals surface area contributed by atoms with Gasteiger partial charge in [0.15, 0.2) is 0 Å². The Bertz CT molecular complexity index is 289. The SMILES string of the molecule is CC(NC(=O)OC(C)(C)C)C(=O)SC(C)(C)C. The van der Waals surface area contributed by atoms with Crippen molar-refractivity contribution >= 4 is 23.0 Å². The van der Waals surface area contributed by atoms with Crippen molar-refractivity contribution in [2.24, 2.45) is 0 Å². The number of rotatable bonds is 2. The average Bonchev–Trinajstić information content (AvgIpc) is 1.95. The zero-order chi connectivity index (χ0) is 13.9. The molecule has 0 fully saturated rings. The summed E-state index contributed by atoms with van der Waals surface area (Å²) in [6.07, 6.45) is -0.562. The van der Waals surface area contributed by atoms with E-state index in [0.29, 0.717) is 0 Å². The molecule has 0 spiro atoms. The number of amides is 1. The van der Waals surface area contributed by atoms with Crippen molar-refractivity contribution in [1.82, 2.24) is 5.32 Å². The predicted molar refractivity (Wildman–Crippen MR) is 71.2 cm³/mol. The summed E-state index contributed by atoms with van der Waals surface area (Å²) in [5.41, 5.74) is -0.552. The molecule has 0 aromatic carbocycles. The molecule has 4 nitrogen and oxygen atoms in total. The number of nitrogens with one attached hydrogen (secondary N) is 1. The molecule has 0 aliphatic heterocycles. The lowest BCUT2D eigenvalue weighted by atomic mass is 10.2. The summed E-state index contributed by atoms with van der Waals surface area (Å²) in [5, 5.41) is 2.46. The van der Waals surface area contributed by atoms with Crippen LogP contribution in [0.4, 0.5) is 4.79 Å². The number of alkyl carbamates (subject to hydrolysis) is 1. The summed E-state index contributed by atoms with van der Waals surface area (Å²) in [4.78, 5) is 23.2. The van der Waals surface area contributed by atoms with Crippen LogP contribution in [0.25, 0.3) is 0 Å². The van der Waals surface area contributed by atoms with Crippen LogP contribution >= 0.6 is 11.8 Å². The van der Waals surface area contributed by atoms with Crippen molar-refractivity contribution in [2.75, 3.05) is 0 Å². The number of thioether (sulfide) groups is 1. The molecule has 0 aromatic rings. The van der Waals surface area contributed by atoms with E-state index in [2.05, 4.69) is 5.32 Å². The minimum absolute atomic E-state index is 0.0663. The highest BCUT2D eigenvalue weighted by Crippen LogP contribution is 2.25. The van der Waals surface area contributed by atoms with E-state index >= 15 is 0 Å². The van der Waals surface area contributed by atoms with E-state index in [1.165, 1.54) is 11.8 Å². The lowest BCUT2D eigenvalue weighted by molar-refractivity contribution is -0.112. The molecule has 1 atom stereocenters. The molecule has 0 bridgehead atoms. The Labute approximate surface area is 108 Å². The van der Waals surface area contributed by atoms with Crippen LogP contribution in [0.3, 0.4) is 0 Å². The molecular weight excluding hydrogens is 238 g/mol. The highest BCUT2D eigenvalue weighted by Gasteiger charge is 2.24. The van der Waals surface area contributed by atoms with E-state index in [-0.39, 0.29) is 9.86 Å². The van der Waals surface area contributed by atoms with Crippen molar-refractivity contribution in [1.29, 1.82) is 0 Å². The molecule has 0 saturated carbocycles. The first kappa shape index (κ1) is 16.3. The zero-order valence-corrected chi connectivity index (χ0v) is 12.5. The second-order valence-electron chi connectivity index (χ2n) is 5.90. The minimum Gasteiger partial charge on any atom is -0.444 e. The first-order valence-corrected chi connectivity index (χ1v) is 6.45. The largest absolute Gasteiger partial charge is 0.444 e. The molecule has 0 radical (unpaired) electrons. The topological polar surface area (TPSA) is 55.4 Å². The first-order valence-electron chi connectivity index (χ1n) is 5.63. The minimum atomic E-state index is -0.562. The van der Waals surface area contributed by atoms with Gasteiger partial charge in [-0.05, 0) is 27.7 Å². The third-order valence-corrected chi connectivity index (χ3v) is 2.66. The molecule has 0 aliphatic carbocycles. The summed E-state index contributed by atoms with van der Waals surface area (Å²) in [5.74, 6) is 0. The third-order valence-electron chi connectivity index (χ3n) is 1.49. The smallest absolute Gasteiger partial charge is 0.408 e. The van der Waals surface area contributed by atoms with Gasteiger partial charge in [0.1, 0.15) is 5.60 Å². The molecule has 1 N–H and O–H groups in total. The number of carbonyl (C=O) groups excluding carboxylic acids is 2. The van der Waals surface area contributed by atoms with E-state index in [0.717, 1.165) is 0 Å². The van der Waals surface area contributed by atoms with Gasteiger partial charge in [0.05, 0.1) is 6.04 Å². The maximum absolute atomic E-state index is 11.8. The second-order valence-corrected chi connectivity index (χ2v) is 7.73. The molecule has 17 heavy (non-hydrogen) atoms. The van der Waals surface area contributed by atoms with E-state index in [4.69, 9.17) is 4.74 Å². The van der Waals surface area contributed by atoms with Gasteiger partial charge < -0.3 is 10.1 Å². The Balaban J connectivity index is 4.22. The predicted octanol–water partition coefficient (Wildman–Crippen LogP) is 2.96. The van der Waals surface area contributed by atoms with Crippen LogP contribution in [0.2, 0.25) is 0 Å². The van der Waals surface area contributed by atoms with Crippen LogP contribution < -0.4 is 5.32 Å². The van der Waals surface area contributed by atoms with Crippen LogP contribution in [0.5, 0.6) is 0 Å². The Morgan fingerprint density at radius 2 is 1.59 bits per heavy atom. The Morgan fingerprint density at radius 3 is 1.94 bits per heavy atom. The van der Waals surface area contributed by atoms with Gasteiger partial charge in [-0.25, -0.2) is 4.79 Å². The van der Waals surface area contributed by atoms with Gasteiger partial charge in [0.25, 0.3) is 0 Å². The lowest BCUT2D eigenvalue weighted by Crippen LogP contribution is -2.41. The van der Waals surface area contributed by atoms with Gasteiger partial charge in [-0.2, -0.15) is 0 Å². The number of hydrogen-bond acceptors (Lipinski definition) is 4. The van der Waals surface area contributed by atoms with Gasteiger partial charge in [-0.1, -0.05) is 32.5 Å². The third kappa shape index (κ3) is 9.03. The summed E-state index contributed by atoms with van der Waals surface area (Å²) in [7, 11) is 0. The van der Waals surface area contributed by atoms with Crippen LogP contribution in [-0.4, -0.2) is 27.6 Å². The average molecular weight is 261 g/mol. The Kier molecular flexibility index (Phi) is 5.52. The van der Waals surface area contributed by atoms with Gasteiger partial charge in [0.2, 0.25) is 5.12 Å². The van der Waals surface area contributed by atoms with E-state index in [9.17, 15) is 9.59 Å². The number of hydrogen-bond donors (Lipinski definition) is 1. The van der Waals surface area contributed by atoms with Crippen LogP contribution in [0.1, 0.15) is 48.5 Å². The standard InChI is InChI=1S/C12H23NO3S/c1-8(9(14)17-12(5,6)7)13-10(15)16-11(2,3)4/h8H,1-7H3,(H,13,15). The fourth-order valence-electron chi connectivity index (χ4n) is 0.933. The lowest BCUT2D eigenvalue weighted by Gasteiger charge is -2.23. The molecule has 5 heteroatoms. The number of ether oxygens (including phenoxy) is 1. The Morgan fingerprint density at radius 1 is 1.12 bits per heavy atom. The molecule has 0 aromatic heterocycles. The molecule has 1 amide bonds. The fourth-order valence-corrected chi connectivity index (χ4v) is 1.77. The first-order chi connectivity index (χ1) is 7.41. The van der Waals surface area contributed by atoms with Crippen LogP contribution in [0.15, 0.2) is 0 Å². The zero-order valence-electron chi connectivity index (χ0n) is 11.7. The normalized spacial score (nSPS) is 14.1. The molecule has 0 saturated heterocycles. The second kappa shape index (κ2) is 5.76. The van der Waals surface area contributed by atoms with Gasteiger partial charge in [-0.15, -0.1) is 0 Å². The maximum Gasteiger partial charge on any atom is 0.408 e. The van der Waals surface area contributed by atoms with Crippen molar-refractivity contribution in [3.8, 4) is 0 Å². The summed E-state index contributed by atoms with van der Waals surface area (Å²) >= 11 is 1.22. The molecule has 0 heterocycles. The molecule has 0 aliphatic rings. The van der Waals surface area contributed by atoms with E-state index in [1.54, 1.807) is 27.7 Å². The molecule has 0 rings (SSSR count). The summed E-state index contributed by atoms with van der Waals surface area (Å²) < 4.78 is 4.93. The Hall–Kier alpha value is -0.710. The highest BCUT2D eigenvalue weighted by molar-refractivity contribution is 8.14. The van der Waals surface area contributed by atoms with Gasteiger partial charge >= 0.3 is 6.09 Å². The van der Waals surface area contributed by atoms with Crippen molar-refractivity contribution in [2.45, 2.75) is 64.9 Å².